The van der Waals surface area contributed by atoms with Crippen molar-refractivity contribution in [1.29, 1.82) is 0 Å². The summed E-state index contributed by atoms with van der Waals surface area (Å²) in [6.45, 7) is 4.29. The summed E-state index contributed by atoms with van der Waals surface area (Å²) < 4.78 is 13.3. The minimum absolute atomic E-state index is 0. The van der Waals surface area contributed by atoms with Crippen LogP contribution in [0, 0.1) is 26.0 Å². The van der Waals surface area contributed by atoms with Gasteiger partial charge in [0, 0.05) is 35.0 Å². The van der Waals surface area contributed by atoms with Crippen LogP contribution in [0.4, 0.5) is 0 Å². The number of benzene rings is 6. The molecular weight excluding hydrogens is 820 g/mol. The summed E-state index contributed by atoms with van der Waals surface area (Å²) in [5.74, 6) is 2.70. The summed E-state index contributed by atoms with van der Waals surface area (Å²) in [5, 5.41) is 2.18. The molecular formula is C47H32N2O2Pt. The predicted molar refractivity (Wildman–Crippen MR) is 202 cm³/mol. The quantitative estimate of drug-likeness (QED) is 0.156. The van der Waals surface area contributed by atoms with Gasteiger partial charge in [-0.1, -0.05) is 103 Å². The van der Waals surface area contributed by atoms with Crippen molar-refractivity contribution in [3.05, 3.63) is 204 Å². The Morgan fingerprint density at radius 1 is 0.596 bits per heavy atom. The molecule has 6 aromatic carbocycles. The van der Waals surface area contributed by atoms with Gasteiger partial charge in [-0.15, -0.1) is 29.3 Å². The maximum absolute atomic E-state index is 6.79. The number of ether oxygens (including phenoxy) is 2. The van der Waals surface area contributed by atoms with Crippen LogP contribution in [-0.4, -0.2) is 9.97 Å². The van der Waals surface area contributed by atoms with E-state index in [9.17, 15) is 0 Å². The van der Waals surface area contributed by atoms with E-state index < -0.39 is 5.41 Å². The molecule has 0 aliphatic carbocycles. The molecule has 4 nitrogen and oxygen atoms in total. The average molecular weight is 852 g/mol. The van der Waals surface area contributed by atoms with Crippen LogP contribution in [-0.2, 0) is 26.5 Å². The molecule has 252 valence electrons. The topological polar surface area (TPSA) is 44.2 Å². The van der Waals surface area contributed by atoms with Gasteiger partial charge in [-0.3, -0.25) is 4.98 Å². The number of nitrogens with zero attached hydrogens (tertiary/aromatic N) is 2. The van der Waals surface area contributed by atoms with Gasteiger partial charge in [0.05, 0.1) is 11.1 Å². The van der Waals surface area contributed by atoms with Crippen LogP contribution >= 0.6 is 0 Å². The van der Waals surface area contributed by atoms with Gasteiger partial charge in [0.15, 0.2) is 0 Å². The first-order valence-electron chi connectivity index (χ1n) is 17.1. The van der Waals surface area contributed by atoms with Crippen molar-refractivity contribution in [2.45, 2.75) is 19.3 Å². The van der Waals surface area contributed by atoms with Crippen molar-refractivity contribution in [2.24, 2.45) is 0 Å². The minimum Gasteiger partial charge on any atom is -0.503 e. The van der Waals surface area contributed by atoms with E-state index in [0.717, 1.165) is 61.5 Å². The molecule has 0 N–H and O–H groups in total. The average Bonchev–Trinajstić information content (AvgIpc) is 3.17. The number of aromatic nitrogens is 2. The van der Waals surface area contributed by atoms with E-state index in [0.29, 0.717) is 11.5 Å². The normalized spacial score (nSPS) is 12.6. The number of aryl methyl sites for hydroxylation is 2. The smallest absolute Gasteiger partial charge is 0.503 e. The SMILES string of the molecule is Cc1cccc(C)c1-c1cc(Oc2[c-]c(C3(c4ccccn4)c4ccccc4Oc4ccccc43)ccc2)[c-]c(-c2nccc3ccccc23)c1.[Pt+2]. The Hall–Kier alpha value is -5.83. The molecule has 52 heavy (non-hydrogen) atoms. The van der Waals surface area contributed by atoms with E-state index >= 15 is 0 Å². The molecule has 0 atom stereocenters. The Labute approximate surface area is 318 Å². The fourth-order valence-electron chi connectivity index (χ4n) is 7.60. The second-order valence-corrected chi connectivity index (χ2v) is 12.9. The Balaban J connectivity index is 0.00000387. The molecule has 3 heterocycles. The maximum Gasteiger partial charge on any atom is 2.00 e. The molecule has 0 spiro atoms. The van der Waals surface area contributed by atoms with E-state index in [2.05, 4.69) is 92.7 Å². The molecule has 1 aliphatic heterocycles. The third-order valence-corrected chi connectivity index (χ3v) is 9.79. The van der Waals surface area contributed by atoms with Crippen LogP contribution < -0.4 is 9.47 Å². The first-order valence-corrected chi connectivity index (χ1v) is 17.1. The first-order chi connectivity index (χ1) is 25.1. The monoisotopic (exact) mass is 851 g/mol. The molecule has 0 saturated heterocycles. The van der Waals surface area contributed by atoms with Crippen LogP contribution in [0.1, 0.15) is 33.5 Å². The summed E-state index contributed by atoms with van der Waals surface area (Å²) in [6, 6.07) is 56.7. The summed E-state index contributed by atoms with van der Waals surface area (Å²) >= 11 is 0. The molecule has 0 saturated carbocycles. The van der Waals surface area contributed by atoms with Gasteiger partial charge in [0.1, 0.15) is 11.5 Å². The van der Waals surface area contributed by atoms with Crippen LogP contribution in [0.5, 0.6) is 23.0 Å². The third kappa shape index (κ3) is 5.61. The van der Waals surface area contributed by atoms with Crippen LogP contribution in [0.2, 0.25) is 0 Å². The Bertz CT molecular complexity index is 2510. The number of pyridine rings is 2. The van der Waals surface area contributed by atoms with Crippen LogP contribution in [0.25, 0.3) is 33.2 Å². The number of hydrogen-bond donors (Lipinski definition) is 0. The van der Waals surface area contributed by atoms with Crippen molar-refractivity contribution in [2.75, 3.05) is 0 Å². The minimum atomic E-state index is -0.812. The molecule has 0 fully saturated rings. The second kappa shape index (κ2) is 13.7. The van der Waals surface area contributed by atoms with Gasteiger partial charge < -0.3 is 14.5 Å². The molecule has 0 radical (unpaired) electrons. The van der Waals surface area contributed by atoms with Gasteiger partial charge in [0.25, 0.3) is 0 Å². The number of hydrogen-bond acceptors (Lipinski definition) is 4. The summed E-state index contributed by atoms with van der Waals surface area (Å²) in [7, 11) is 0. The van der Waals surface area contributed by atoms with E-state index in [4.69, 9.17) is 19.4 Å². The fourth-order valence-corrected chi connectivity index (χ4v) is 7.60. The molecule has 1 aliphatic rings. The standard InChI is InChI=1S/C47H32N2O2.Pt/c1-31-13-11-14-32(2)45(31)34-27-35(46-39-18-4-3-15-33(39)24-26-49-46)29-38(28-34)50-37-17-12-16-36(30-37)47(44-23-9-10-25-48-44)40-19-5-7-21-42(40)51-43-22-8-6-20-41(43)47;/h3-28H,1-2H3;/q-2;+2. The van der Waals surface area contributed by atoms with Gasteiger partial charge >= 0.3 is 21.1 Å². The number of rotatable bonds is 6. The van der Waals surface area contributed by atoms with E-state index in [-0.39, 0.29) is 21.1 Å². The summed E-state index contributed by atoms with van der Waals surface area (Å²) in [6.07, 6.45) is 3.70. The van der Waals surface area contributed by atoms with Gasteiger partial charge in [-0.2, -0.15) is 12.1 Å². The van der Waals surface area contributed by atoms with Gasteiger partial charge in [0.2, 0.25) is 0 Å². The summed E-state index contributed by atoms with van der Waals surface area (Å²) in [4.78, 5) is 9.82. The predicted octanol–water partition coefficient (Wildman–Crippen LogP) is 11.5. The fraction of sp³-hybridized carbons (Fsp3) is 0.0638. The van der Waals surface area contributed by atoms with Gasteiger partial charge in [-0.05, 0) is 77.3 Å². The van der Waals surface area contributed by atoms with Crippen molar-refractivity contribution in [1.82, 2.24) is 9.97 Å². The molecule has 8 aromatic rings. The first kappa shape index (κ1) is 33.3. The Kier molecular flexibility index (Phi) is 8.79. The van der Waals surface area contributed by atoms with E-state index in [1.54, 1.807) is 0 Å². The number of para-hydroxylation sites is 2. The van der Waals surface area contributed by atoms with Crippen molar-refractivity contribution in [3.8, 4) is 45.4 Å². The van der Waals surface area contributed by atoms with E-state index in [1.165, 1.54) is 16.7 Å². The van der Waals surface area contributed by atoms with Crippen molar-refractivity contribution >= 4 is 10.8 Å². The summed E-state index contributed by atoms with van der Waals surface area (Å²) in [5.41, 5.74) is 9.22. The zero-order chi connectivity index (χ0) is 34.4. The van der Waals surface area contributed by atoms with E-state index in [1.807, 2.05) is 91.3 Å². The maximum atomic E-state index is 6.79. The molecule has 0 unspecified atom stereocenters. The van der Waals surface area contributed by atoms with Crippen LogP contribution in [0.15, 0.2) is 158 Å². The van der Waals surface area contributed by atoms with Crippen LogP contribution in [0.3, 0.4) is 0 Å². The molecule has 2 aromatic heterocycles. The zero-order valence-electron chi connectivity index (χ0n) is 28.5. The Morgan fingerprint density at radius 3 is 2.04 bits per heavy atom. The Morgan fingerprint density at radius 2 is 1.29 bits per heavy atom. The van der Waals surface area contributed by atoms with Gasteiger partial charge in [-0.25, -0.2) is 0 Å². The molecule has 0 bridgehead atoms. The molecule has 5 heteroatoms. The van der Waals surface area contributed by atoms with Crippen molar-refractivity contribution < 1.29 is 30.5 Å². The number of fused-ring (bicyclic) bond motifs is 3. The molecule has 0 amide bonds. The second-order valence-electron chi connectivity index (χ2n) is 12.9. The third-order valence-electron chi connectivity index (χ3n) is 9.79. The van der Waals surface area contributed by atoms with Crippen molar-refractivity contribution in [3.63, 3.8) is 0 Å². The largest absolute Gasteiger partial charge is 2.00 e. The molecule has 9 rings (SSSR count). The zero-order valence-corrected chi connectivity index (χ0v) is 30.8.